The number of aryl methyl sites for hydroxylation is 1. The van der Waals surface area contributed by atoms with Gasteiger partial charge in [0, 0.05) is 64.3 Å². The Labute approximate surface area is 215 Å². The number of hydrogen-bond acceptors (Lipinski definition) is 8. The van der Waals surface area contributed by atoms with Crippen molar-refractivity contribution in [3.63, 3.8) is 0 Å². The molecule has 4 aromatic rings. The number of anilines is 1. The van der Waals surface area contributed by atoms with Gasteiger partial charge in [-0.25, -0.2) is 19.9 Å². The quantitative estimate of drug-likeness (QED) is 0.413. The average Bonchev–Trinajstić information content (AvgIpc) is 3.68. The van der Waals surface area contributed by atoms with Crippen LogP contribution in [0.3, 0.4) is 0 Å². The van der Waals surface area contributed by atoms with E-state index in [2.05, 4.69) is 30.7 Å². The molecule has 2 saturated heterocycles. The zero-order chi connectivity index (χ0) is 26.4. The normalized spacial score (nSPS) is 19.0. The summed E-state index contributed by atoms with van der Waals surface area (Å²) < 4.78 is 43.0. The highest BCUT2D eigenvalue weighted by atomic mass is 19.4. The first kappa shape index (κ1) is 24.3. The highest BCUT2D eigenvalue weighted by Gasteiger charge is 2.38. The molecule has 1 amide bonds. The van der Waals surface area contributed by atoms with Crippen molar-refractivity contribution < 1.29 is 18.0 Å². The molecule has 2 N–H and O–H groups in total. The lowest BCUT2D eigenvalue weighted by atomic mass is 9.96. The predicted octanol–water partition coefficient (Wildman–Crippen LogP) is 1.60. The van der Waals surface area contributed by atoms with Crippen LogP contribution in [-0.4, -0.2) is 78.5 Å². The van der Waals surface area contributed by atoms with Gasteiger partial charge in [-0.2, -0.15) is 13.2 Å². The zero-order valence-electron chi connectivity index (χ0n) is 20.4. The molecule has 2 aliphatic rings. The molecule has 11 nitrogen and oxygen atoms in total. The molecule has 14 heteroatoms. The maximum atomic E-state index is 13.3. The molecule has 2 aliphatic heterocycles. The Morgan fingerprint density at radius 2 is 1.87 bits per heavy atom. The van der Waals surface area contributed by atoms with Gasteiger partial charge in [-0.15, -0.1) is 0 Å². The molecular weight excluding hydrogens is 501 g/mol. The van der Waals surface area contributed by atoms with E-state index in [4.69, 9.17) is 4.98 Å². The number of alkyl halides is 3. The summed E-state index contributed by atoms with van der Waals surface area (Å²) >= 11 is 0. The second kappa shape index (κ2) is 9.36. The predicted molar refractivity (Wildman–Crippen MR) is 131 cm³/mol. The van der Waals surface area contributed by atoms with E-state index in [9.17, 15) is 18.0 Å². The average molecular weight is 527 g/mol. The summed E-state index contributed by atoms with van der Waals surface area (Å²) in [4.78, 5) is 34.8. The fraction of sp³-hybridized carbons (Fsp3) is 0.375. The summed E-state index contributed by atoms with van der Waals surface area (Å²) in [6.07, 6.45) is 2.90. The van der Waals surface area contributed by atoms with Crippen molar-refractivity contribution in [3.05, 3.63) is 60.6 Å². The minimum Gasteiger partial charge on any atom is -0.353 e. The summed E-state index contributed by atoms with van der Waals surface area (Å²) in [5.74, 6) is 0.955. The Morgan fingerprint density at radius 3 is 2.61 bits per heavy atom. The molecule has 0 saturated carbocycles. The van der Waals surface area contributed by atoms with Gasteiger partial charge >= 0.3 is 6.18 Å². The second-order valence-electron chi connectivity index (χ2n) is 9.48. The number of halogens is 3. The number of hydrazine groups is 1. The lowest BCUT2D eigenvalue weighted by Crippen LogP contribution is -2.59. The van der Waals surface area contributed by atoms with E-state index in [1.165, 1.54) is 16.7 Å². The molecule has 1 unspecified atom stereocenters. The summed E-state index contributed by atoms with van der Waals surface area (Å²) in [6.45, 7) is 2.96. The number of imidazole rings is 2. The van der Waals surface area contributed by atoms with E-state index in [1.54, 1.807) is 29.4 Å². The summed E-state index contributed by atoms with van der Waals surface area (Å²) in [6, 6.07) is 3.99. The fourth-order valence-corrected chi connectivity index (χ4v) is 5.06. The molecular formula is C24H25F3N10O. The van der Waals surface area contributed by atoms with Gasteiger partial charge < -0.3 is 14.4 Å². The maximum absolute atomic E-state index is 13.3. The third-order valence-electron chi connectivity index (χ3n) is 7.03. The lowest BCUT2D eigenvalue weighted by Gasteiger charge is -2.44. The highest BCUT2D eigenvalue weighted by molar-refractivity contribution is 5.92. The van der Waals surface area contributed by atoms with Crippen molar-refractivity contribution in [1.82, 2.24) is 44.7 Å². The van der Waals surface area contributed by atoms with Crippen molar-refractivity contribution >= 4 is 17.4 Å². The molecule has 198 valence electrons. The molecule has 0 radical (unpaired) electrons. The van der Waals surface area contributed by atoms with Gasteiger partial charge in [0.25, 0.3) is 5.91 Å². The van der Waals surface area contributed by atoms with E-state index >= 15 is 0 Å². The van der Waals surface area contributed by atoms with Crippen LogP contribution >= 0.6 is 0 Å². The molecule has 1 atom stereocenters. The van der Waals surface area contributed by atoms with Gasteiger partial charge in [-0.1, -0.05) is 0 Å². The fourth-order valence-electron chi connectivity index (χ4n) is 5.06. The van der Waals surface area contributed by atoms with Crippen molar-refractivity contribution in [2.45, 2.75) is 12.2 Å². The monoisotopic (exact) mass is 526 g/mol. The number of nitrogens with one attached hydrogen (secondary N) is 2. The zero-order valence-corrected chi connectivity index (χ0v) is 20.4. The van der Waals surface area contributed by atoms with E-state index in [-0.39, 0.29) is 23.7 Å². The van der Waals surface area contributed by atoms with Crippen LogP contribution in [0.2, 0.25) is 0 Å². The highest BCUT2D eigenvalue weighted by Crippen LogP contribution is 2.31. The minimum absolute atomic E-state index is 0.107. The molecule has 0 aliphatic carbocycles. The Kier molecular flexibility index (Phi) is 5.99. The molecule has 4 aromatic heterocycles. The third-order valence-corrected chi connectivity index (χ3v) is 7.03. The third kappa shape index (κ3) is 4.45. The summed E-state index contributed by atoms with van der Waals surface area (Å²) in [7, 11) is 1.82. The van der Waals surface area contributed by atoms with Crippen LogP contribution in [0.25, 0.3) is 17.2 Å². The van der Waals surface area contributed by atoms with Crippen LogP contribution in [0, 0.1) is 5.92 Å². The van der Waals surface area contributed by atoms with Gasteiger partial charge in [-0.3, -0.25) is 20.0 Å². The number of aromatic nitrogens is 6. The Hall–Kier alpha value is -4.04. The number of nitrogens with zero attached hydrogens (tertiary/aromatic N) is 8. The topological polar surface area (TPSA) is 109 Å². The number of amides is 1. The van der Waals surface area contributed by atoms with Gasteiger partial charge in [0.15, 0.2) is 5.82 Å². The SMILES string of the molecule is Cn1cnc(C(=O)N2CCN(c3ccnc(-c4cnc5ccc(C(F)(F)F)cn45)n3)CC2C2CNNC2)c1. The van der Waals surface area contributed by atoms with Gasteiger partial charge in [0.1, 0.15) is 22.9 Å². The number of carbonyl (C=O) groups is 1. The van der Waals surface area contributed by atoms with Crippen LogP contribution < -0.4 is 15.8 Å². The van der Waals surface area contributed by atoms with E-state index in [0.29, 0.717) is 55.6 Å². The van der Waals surface area contributed by atoms with E-state index in [1.807, 2.05) is 11.9 Å². The first-order valence-electron chi connectivity index (χ1n) is 12.2. The Morgan fingerprint density at radius 1 is 1.05 bits per heavy atom. The van der Waals surface area contributed by atoms with Gasteiger partial charge in [0.05, 0.1) is 24.1 Å². The van der Waals surface area contributed by atoms with Crippen molar-refractivity contribution in [3.8, 4) is 11.5 Å². The maximum Gasteiger partial charge on any atom is 0.417 e. The van der Waals surface area contributed by atoms with E-state index < -0.39 is 11.7 Å². The van der Waals surface area contributed by atoms with Crippen LogP contribution in [0.4, 0.5) is 19.0 Å². The number of rotatable bonds is 4. The molecule has 0 aromatic carbocycles. The van der Waals surface area contributed by atoms with Gasteiger partial charge in [0.2, 0.25) is 0 Å². The van der Waals surface area contributed by atoms with E-state index in [0.717, 1.165) is 12.3 Å². The molecule has 0 bridgehead atoms. The Balaban J connectivity index is 1.29. The minimum atomic E-state index is -4.48. The molecule has 2 fully saturated rings. The number of piperazine rings is 1. The summed E-state index contributed by atoms with van der Waals surface area (Å²) in [5.41, 5.74) is 6.64. The first-order valence-corrected chi connectivity index (χ1v) is 12.2. The lowest BCUT2D eigenvalue weighted by molar-refractivity contribution is -0.137. The van der Waals surface area contributed by atoms with Crippen LogP contribution in [-0.2, 0) is 13.2 Å². The largest absolute Gasteiger partial charge is 0.417 e. The number of fused-ring (bicyclic) bond motifs is 1. The van der Waals surface area contributed by atoms with Crippen molar-refractivity contribution in [2.75, 3.05) is 37.6 Å². The summed E-state index contributed by atoms with van der Waals surface area (Å²) in [5, 5.41) is 0. The number of pyridine rings is 1. The second-order valence-corrected chi connectivity index (χ2v) is 9.48. The number of hydrogen-bond donors (Lipinski definition) is 2. The van der Waals surface area contributed by atoms with Gasteiger partial charge in [-0.05, 0) is 18.2 Å². The molecule has 38 heavy (non-hydrogen) atoms. The number of carbonyl (C=O) groups excluding carboxylic acids is 1. The van der Waals surface area contributed by atoms with Crippen LogP contribution in [0.15, 0.2) is 49.3 Å². The standard InChI is InChI=1S/C24H25F3N10O/c1-34-12-17(30-14-34)23(38)36-7-6-35(13-19(36)15-8-31-32-9-15)21-4-5-28-22(33-21)18-10-29-20-3-2-16(11-37(18)20)24(25,26)27/h2-5,10-12,14-15,19,31-32H,6-9,13H2,1H3. The Bertz CT molecular complexity index is 1480. The van der Waals surface area contributed by atoms with Crippen molar-refractivity contribution in [1.29, 1.82) is 0 Å². The molecule has 6 heterocycles. The smallest absolute Gasteiger partial charge is 0.353 e. The molecule has 6 rings (SSSR count). The van der Waals surface area contributed by atoms with Crippen molar-refractivity contribution in [2.24, 2.45) is 13.0 Å². The molecule has 0 spiro atoms. The first-order chi connectivity index (χ1) is 18.3. The van der Waals surface area contributed by atoms with Crippen LogP contribution in [0.1, 0.15) is 16.1 Å². The van der Waals surface area contributed by atoms with Crippen LogP contribution in [0.5, 0.6) is 0 Å².